The fourth-order valence-electron chi connectivity index (χ4n) is 3.34. The lowest BCUT2D eigenvalue weighted by molar-refractivity contribution is 0.0881. The van der Waals surface area contributed by atoms with E-state index in [2.05, 4.69) is 37.9 Å². The largest absolute Gasteiger partial charge is 0.309 e. The van der Waals surface area contributed by atoms with E-state index in [1.165, 1.54) is 32.4 Å². The predicted octanol–water partition coefficient (Wildman–Crippen LogP) is 2.49. The van der Waals surface area contributed by atoms with Gasteiger partial charge in [0.1, 0.15) is 0 Å². The van der Waals surface area contributed by atoms with Crippen molar-refractivity contribution in [3.8, 4) is 0 Å². The molecule has 1 aliphatic carbocycles. The first kappa shape index (κ1) is 12.4. The molecular formula is C14H28N2. The van der Waals surface area contributed by atoms with Gasteiger partial charge in [0.2, 0.25) is 0 Å². The highest BCUT2D eigenvalue weighted by Crippen LogP contribution is 2.31. The summed E-state index contributed by atoms with van der Waals surface area (Å²) in [5.41, 5.74) is 0.302. The molecule has 1 saturated heterocycles. The van der Waals surface area contributed by atoms with Crippen LogP contribution in [0.2, 0.25) is 0 Å². The molecular weight excluding hydrogens is 196 g/mol. The number of nitrogens with zero attached hydrogens (tertiary/aromatic N) is 1. The zero-order valence-corrected chi connectivity index (χ0v) is 11.4. The van der Waals surface area contributed by atoms with Crippen LogP contribution in [-0.2, 0) is 0 Å². The highest BCUT2D eigenvalue weighted by Gasteiger charge is 2.32. The minimum atomic E-state index is 0.302. The Kier molecular flexibility index (Phi) is 3.60. The van der Waals surface area contributed by atoms with Gasteiger partial charge in [0.05, 0.1) is 0 Å². The van der Waals surface area contributed by atoms with E-state index in [9.17, 15) is 0 Å². The fourth-order valence-corrected chi connectivity index (χ4v) is 3.34. The maximum atomic E-state index is 3.63. The lowest BCUT2D eigenvalue weighted by Crippen LogP contribution is -2.61. The van der Waals surface area contributed by atoms with E-state index in [1.807, 2.05) is 0 Å². The zero-order valence-electron chi connectivity index (χ0n) is 11.4. The molecule has 2 fully saturated rings. The highest BCUT2D eigenvalue weighted by atomic mass is 15.2. The van der Waals surface area contributed by atoms with E-state index >= 15 is 0 Å². The van der Waals surface area contributed by atoms with Crippen molar-refractivity contribution in [3.05, 3.63) is 0 Å². The molecule has 0 aromatic rings. The molecule has 3 atom stereocenters. The minimum Gasteiger partial charge on any atom is -0.309 e. The summed E-state index contributed by atoms with van der Waals surface area (Å²) in [4.78, 5) is 2.71. The van der Waals surface area contributed by atoms with Gasteiger partial charge in [-0.1, -0.05) is 13.3 Å². The van der Waals surface area contributed by atoms with Crippen LogP contribution in [0.4, 0.5) is 0 Å². The molecule has 1 heterocycles. The Hall–Kier alpha value is -0.0800. The average Bonchev–Trinajstić information content (AvgIpc) is 2.58. The van der Waals surface area contributed by atoms with E-state index < -0.39 is 0 Å². The minimum absolute atomic E-state index is 0.302. The van der Waals surface area contributed by atoms with E-state index in [-0.39, 0.29) is 0 Å². The second-order valence-corrected chi connectivity index (χ2v) is 6.83. The molecule has 0 aromatic carbocycles. The van der Waals surface area contributed by atoms with Gasteiger partial charge in [-0.3, -0.25) is 4.90 Å². The smallest absolute Gasteiger partial charge is 0.0252 e. The van der Waals surface area contributed by atoms with Crippen LogP contribution in [0.5, 0.6) is 0 Å². The predicted molar refractivity (Wildman–Crippen MR) is 69.6 cm³/mol. The third-order valence-corrected chi connectivity index (χ3v) is 4.39. The van der Waals surface area contributed by atoms with Crippen molar-refractivity contribution in [2.45, 2.75) is 58.5 Å². The number of hydrogen-bond donors (Lipinski definition) is 1. The lowest BCUT2D eigenvalue weighted by atomic mass is 9.97. The maximum absolute atomic E-state index is 3.63. The van der Waals surface area contributed by atoms with Gasteiger partial charge in [-0.05, 0) is 45.4 Å². The van der Waals surface area contributed by atoms with Gasteiger partial charge in [0, 0.05) is 31.2 Å². The van der Waals surface area contributed by atoms with Gasteiger partial charge < -0.3 is 5.32 Å². The van der Waals surface area contributed by atoms with Crippen molar-refractivity contribution in [1.82, 2.24) is 10.2 Å². The molecule has 94 valence electrons. The van der Waals surface area contributed by atoms with E-state index in [0.717, 1.165) is 18.4 Å². The Morgan fingerprint density at radius 2 is 2.00 bits per heavy atom. The molecule has 0 amide bonds. The Bertz CT molecular complexity index is 237. The molecule has 2 aliphatic rings. The zero-order chi connectivity index (χ0) is 11.8. The highest BCUT2D eigenvalue weighted by molar-refractivity contribution is 4.91. The standard InChI is InChI=1S/C14H28N2/c1-11-5-6-13(7-11)9-16-10-14(3,4)15-8-12(16)2/h11-13,15H,5-10H2,1-4H3. The molecule has 0 spiro atoms. The number of nitrogens with one attached hydrogen (secondary N) is 1. The van der Waals surface area contributed by atoms with Crippen LogP contribution in [-0.4, -0.2) is 36.1 Å². The summed E-state index contributed by atoms with van der Waals surface area (Å²) in [6, 6.07) is 0.712. The van der Waals surface area contributed by atoms with Crippen molar-refractivity contribution in [3.63, 3.8) is 0 Å². The molecule has 3 unspecified atom stereocenters. The fraction of sp³-hybridized carbons (Fsp3) is 1.00. The molecule has 2 heteroatoms. The molecule has 2 rings (SSSR count). The van der Waals surface area contributed by atoms with E-state index in [1.54, 1.807) is 0 Å². The summed E-state index contributed by atoms with van der Waals surface area (Å²) in [5, 5.41) is 3.63. The number of piperazine rings is 1. The lowest BCUT2D eigenvalue weighted by Gasteiger charge is -2.44. The van der Waals surface area contributed by atoms with Gasteiger partial charge in [0.25, 0.3) is 0 Å². The Labute approximate surface area is 101 Å². The second-order valence-electron chi connectivity index (χ2n) is 6.83. The van der Waals surface area contributed by atoms with E-state index in [0.29, 0.717) is 11.6 Å². The van der Waals surface area contributed by atoms with E-state index in [4.69, 9.17) is 0 Å². The van der Waals surface area contributed by atoms with Gasteiger partial charge in [-0.2, -0.15) is 0 Å². The van der Waals surface area contributed by atoms with Crippen LogP contribution in [0.15, 0.2) is 0 Å². The molecule has 1 saturated carbocycles. The molecule has 0 bridgehead atoms. The second kappa shape index (κ2) is 4.66. The summed E-state index contributed by atoms with van der Waals surface area (Å²) in [6.45, 7) is 13.1. The normalized spacial score (nSPS) is 40.1. The average molecular weight is 224 g/mol. The molecule has 1 aliphatic heterocycles. The van der Waals surface area contributed by atoms with Gasteiger partial charge in [-0.15, -0.1) is 0 Å². The van der Waals surface area contributed by atoms with Crippen LogP contribution in [0.25, 0.3) is 0 Å². The summed E-state index contributed by atoms with van der Waals surface area (Å²) in [5.74, 6) is 1.93. The maximum Gasteiger partial charge on any atom is 0.0252 e. The number of hydrogen-bond acceptors (Lipinski definition) is 2. The van der Waals surface area contributed by atoms with Gasteiger partial charge >= 0.3 is 0 Å². The first-order valence-corrected chi connectivity index (χ1v) is 6.95. The summed E-state index contributed by atoms with van der Waals surface area (Å²) < 4.78 is 0. The Morgan fingerprint density at radius 1 is 1.25 bits per heavy atom. The quantitative estimate of drug-likeness (QED) is 0.775. The number of rotatable bonds is 2. The van der Waals surface area contributed by atoms with Crippen molar-refractivity contribution in [2.24, 2.45) is 11.8 Å². The molecule has 1 N–H and O–H groups in total. The van der Waals surface area contributed by atoms with Crippen LogP contribution in [0, 0.1) is 11.8 Å². The summed E-state index contributed by atoms with van der Waals surface area (Å²) in [6.07, 6.45) is 4.36. The molecule has 0 radical (unpaired) electrons. The Morgan fingerprint density at radius 3 is 2.62 bits per heavy atom. The topological polar surface area (TPSA) is 15.3 Å². The monoisotopic (exact) mass is 224 g/mol. The first-order chi connectivity index (χ1) is 7.46. The van der Waals surface area contributed by atoms with Crippen molar-refractivity contribution in [2.75, 3.05) is 19.6 Å². The van der Waals surface area contributed by atoms with Crippen molar-refractivity contribution in [1.29, 1.82) is 0 Å². The molecule has 0 aromatic heterocycles. The third kappa shape index (κ3) is 2.98. The van der Waals surface area contributed by atoms with Crippen molar-refractivity contribution < 1.29 is 0 Å². The van der Waals surface area contributed by atoms with Crippen LogP contribution < -0.4 is 5.32 Å². The van der Waals surface area contributed by atoms with Crippen LogP contribution in [0.1, 0.15) is 47.0 Å². The molecule has 2 nitrogen and oxygen atoms in total. The van der Waals surface area contributed by atoms with Crippen molar-refractivity contribution >= 4 is 0 Å². The van der Waals surface area contributed by atoms with Gasteiger partial charge in [0.15, 0.2) is 0 Å². The summed E-state index contributed by atoms with van der Waals surface area (Å²) in [7, 11) is 0. The molecule has 16 heavy (non-hydrogen) atoms. The van der Waals surface area contributed by atoms with Gasteiger partial charge in [-0.25, -0.2) is 0 Å². The first-order valence-electron chi connectivity index (χ1n) is 6.95. The Balaban J connectivity index is 1.87. The summed E-state index contributed by atoms with van der Waals surface area (Å²) >= 11 is 0. The van der Waals surface area contributed by atoms with Crippen LogP contribution >= 0.6 is 0 Å². The third-order valence-electron chi connectivity index (χ3n) is 4.39. The SMILES string of the molecule is CC1CCC(CN2CC(C)(C)NCC2C)C1. The van der Waals surface area contributed by atoms with Crippen LogP contribution in [0.3, 0.4) is 0 Å².